The molecule has 0 fully saturated rings. The van der Waals surface area contributed by atoms with Crippen molar-refractivity contribution in [3.63, 3.8) is 0 Å². The van der Waals surface area contributed by atoms with E-state index in [0.29, 0.717) is 17.9 Å². The Kier molecular flexibility index (Phi) is 8.33. The number of hydrogen-bond donors (Lipinski definition) is 0. The van der Waals surface area contributed by atoms with Crippen LogP contribution in [0.2, 0.25) is 5.02 Å². The first-order valence-electron chi connectivity index (χ1n) is 10.9. The van der Waals surface area contributed by atoms with Gasteiger partial charge < -0.3 is 4.74 Å². The molecule has 0 N–H and O–H groups in total. The van der Waals surface area contributed by atoms with Crippen molar-refractivity contribution in [3.8, 4) is 28.0 Å². The second kappa shape index (κ2) is 11.2. The Morgan fingerprint density at radius 2 is 1.33 bits per heavy atom. The lowest BCUT2D eigenvalue weighted by molar-refractivity contribution is 0.308. The molecular weight excluding hydrogens is 395 g/mol. The van der Waals surface area contributed by atoms with Crippen molar-refractivity contribution in [2.45, 2.75) is 52.4 Å². The van der Waals surface area contributed by atoms with Crippen LogP contribution in [0.5, 0.6) is 5.75 Å². The largest absolute Gasteiger partial charge is 0.492 e. The number of halogens is 2. The van der Waals surface area contributed by atoms with Crippen LogP contribution in [0.4, 0.5) is 4.39 Å². The summed E-state index contributed by atoms with van der Waals surface area (Å²) in [5.74, 6) is -0.0307. The van der Waals surface area contributed by atoms with Gasteiger partial charge in [0.1, 0.15) is 10.8 Å². The maximum Gasteiger partial charge on any atom is 0.153 e. The van der Waals surface area contributed by atoms with Gasteiger partial charge in [-0.05, 0) is 53.6 Å². The molecule has 0 aliphatic rings. The molecule has 0 amide bonds. The van der Waals surface area contributed by atoms with Crippen LogP contribution in [0.15, 0.2) is 60.7 Å². The Bertz CT molecular complexity index is 932. The third-order valence-corrected chi connectivity index (χ3v) is 5.71. The van der Waals surface area contributed by atoms with E-state index in [-0.39, 0.29) is 5.02 Å². The molecule has 0 aliphatic carbocycles. The standard InChI is InChI=1S/C27H30ClFO/c1-3-5-7-8-20-9-11-21(12-10-20)22-13-15-23(16-14-22)24-17-18-25(26(28)27(24)29)30-19-6-4-2/h9-18H,3-8,19H2,1-2H3. The SMILES string of the molecule is CCCCCc1ccc(-c2ccc(-c3ccc(OCCCC)c(Cl)c3F)cc2)cc1. The summed E-state index contributed by atoms with van der Waals surface area (Å²) in [7, 11) is 0. The maximum atomic E-state index is 14.8. The predicted octanol–water partition coefficient (Wildman–Crippen LogP) is 8.72. The minimum absolute atomic E-state index is 0.0475. The van der Waals surface area contributed by atoms with Crippen LogP contribution in [0.25, 0.3) is 22.3 Å². The molecule has 0 spiro atoms. The second-order valence-electron chi connectivity index (χ2n) is 7.67. The molecule has 30 heavy (non-hydrogen) atoms. The first-order chi connectivity index (χ1) is 14.6. The number of ether oxygens (including phenoxy) is 1. The van der Waals surface area contributed by atoms with E-state index in [1.165, 1.54) is 30.4 Å². The van der Waals surface area contributed by atoms with Gasteiger partial charge in [-0.3, -0.25) is 0 Å². The highest BCUT2D eigenvalue weighted by molar-refractivity contribution is 6.32. The molecule has 3 rings (SSSR count). The minimum Gasteiger partial charge on any atom is -0.492 e. The highest BCUT2D eigenvalue weighted by Crippen LogP contribution is 2.35. The molecule has 0 bridgehead atoms. The number of benzene rings is 3. The van der Waals surface area contributed by atoms with Crippen LogP contribution >= 0.6 is 11.6 Å². The topological polar surface area (TPSA) is 9.23 Å². The molecule has 0 aliphatic heterocycles. The average molecular weight is 425 g/mol. The van der Waals surface area contributed by atoms with Gasteiger partial charge in [-0.2, -0.15) is 0 Å². The Balaban J connectivity index is 1.73. The van der Waals surface area contributed by atoms with Crippen LogP contribution in [0.1, 0.15) is 51.5 Å². The van der Waals surface area contributed by atoms with E-state index >= 15 is 0 Å². The van der Waals surface area contributed by atoms with Crippen LogP contribution in [0.3, 0.4) is 0 Å². The highest BCUT2D eigenvalue weighted by Gasteiger charge is 2.14. The van der Waals surface area contributed by atoms with Gasteiger partial charge in [0.25, 0.3) is 0 Å². The third kappa shape index (κ3) is 5.64. The lowest BCUT2D eigenvalue weighted by Gasteiger charge is -2.12. The molecule has 3 heteroatoms. The van der Waals surface area contributed by atoms with Crippen LogP contribution in [-0.4, -0.2) is 6.61 Å². The Morgan fingerprint density at radius 3 is 1.97 bits per heavy atom. The number of rotatable bonds is 10. The number of hydrogen-bond acceptors (Lipinski definition) is 1. The second-order valence-corrected chi connectivity index (χ2v) is 8.05. The van der Waals surface area contributed by atoms with Gasteiger partial charge >= 0.3 is 0 Å². The van der Waals surface area contributed by atoms with E-state index < -0.39 is 5.82 Å². The normalized spacial score (nSPS) is 10.9. The summed E-state index contributed by atoms with van der Waals surface area (Å²) < 4.78 is 20.4. The van der Waals surface area contributed by atoms with Crippen molar-refractivity contribution in [1.29, 1.82) is 0 Å². The highest BCUT2D eigenvalue weighted by atomic mass is 35.5. The van der Waals surface area contributed by atoms with E-state index in [2.05, 4.69) is 38.1 Å². The van der Waals surface area contributed by atoms with Crippen molar-refractivity contribution >= 4 is 11.6 Å². The first-order valence-corrected chi connectivity index (χ1v) is 11.3. The van der Waals surface area contributed by atoms with Crippen LogP contribution < -0.4 is 4.74 Å². The molecule has 0 radical (unpaired) electrons. The molecule has 0 saturated heterocycles. The molecular formula is C27H30ClFO. The van der Waals surface area contributed by atoms with E-state index in [4.69, 9.17) is 16.3 Å². The minimum atomic E-state index is -0.435. The fourth-order valence-electron chi connectivity index (χ4n) is 3.48. The van der Waals surface area contributed by atoms with Gasteiger partial charge in [-0.15, -0.1) is 0 Å². The van der Waals surface area contributed by atoms with Crippen molar-refractivity contribution in [3.05, 3.63) is 77.1 Å². The zero-order valence-corrected chi connectivity index (χ0v) is 18.6. The van der Waals surface area contributed by atoms with Gasteiger partial charge in [-0.1, -0.05) is 93.2 Å². The molecule has 0 aromatic heterocycles. The predicted molar refractivity (Wildman–Crippen MR) is 126 cm³/mol. The van der Waals surface area contributed by atoms with E-state index in [1.54, 1.807) is 12.1 Å². The summed E-state index contributed by atoms with van der Waals surface area (Å²) >= 11 is 6.21. The maximum absolute atomic E-state index is 14.8. The summed E-state index contributed by atoms with van der Waals surface area (Å²) in [6, 6.07) is 20.2. The van der Waals surface area contributed by atoms with E-state index in [9.17, 15) is 4.39 Å². The molecule has 0 atom stereocenters. The lowest BCUT2D eigenvalue weighted by Crippen LogP contribution is -1.98. The molecule has 1 nitrogen and oxygen atoms in total. The Hall–Kier alpha value is -2.32. The molecule has 0 saturated carbocycles. The van der Waals surface area contributed by atoms with Gasteiger partial charge in [0, 0.05) is 5.56 Å². The van der Waals surface area contributed by atoms with E-state index in [1.807, 2.05) is 24.3 Å². The average Bonchev–Trinajstić information content (AvgIpc) is 2.78. The summed E-state index contributed by atoms with van der Waals surface area (Å²) in [5, 5.41) is 0.0475. The fourth-order valence-corrected chi connectivity index (χ4v) is 3.70. The monoisotopic (exact) mass is 424 g/mol. The molecule has 0 heterocycles. The van der Waals surface area contributed by atoms with Gasteiger partial charge in [0.05, 0.1) is 6.61 Å². The summed E-state index contributed by atoms with van der Waals surface area (Å²) in [6.07, 6.45) is 6.82. The van der Waals surface area contributed by atoms with Gasteiger partial charge in [0.2, 0.25) is 0 Å². The van der Waals surface area contributed by atoms with E-state index in [0.717, 1.165) is 30.4 Å². The zero-order chi connectivity index (χ0) is 21.3. The summed E-state index contributed by atoms with van der Waals surface area (Å²) in [6.45, 7) is 4.85. The van der Waals surface area contributed by atoms with Gasteiger partial charge in [0.15, 0.2) is 5.82 Å². The molecule has 0 unspecified atom stereocenters. The third-order valence-electron chi connectivity index (χ3n) is 5.35. The zero-order valence-electron chi connectivity index (χ0n) is 17.9. The number of aryl methyl sites for hydroxylation is 1. The molecule has 3 aromatic rings. The number of unbranched alkanes of at least 4 members (excludes halogenated alkanes) is 3. The summed E-state index contributed by atoms with van der Waals surface area (Å²) in [5.41, 5.74) is 4.95. The van der Waals surface area contributed by atoms with Crippen molar-refractivity contribution in [2.75, 3.05) is 6.61 Å². The lowest BCUT2D eigenvalue weighted by atomic mass is 9.98. The van der Waals surface area contributed by atoms with Crippen molar-refractivity contribution in [2.24, 2.45) is 0 Å². The Morgan fingerprint density at radius 1 is 0.733 bits per heavy atom. The van der Waals surface area contributed by atoms with Crippen LogP contribution in [-0.2, 0) is 6.42 Å². The molecule has 158 valence electrons. The summed E-state index contributed by atoms with van der Waals surface area (Å²) in [4.78, 5) is 0. The fraction of sp³-hybridized carbons (Fsp3) is 0.333. The van der Waals surface area contributed by atoms with Crippen molar-refractivity contribution < 1.29 is 9.13 Å². The smallest absolute Gasteiger partial charge is 0.153 e. The van der Waals surface area contributed by atoms with Crippen LogP contribution in [0, 0.1) is 5.82 Å². The Labute approximate surface area is 184 Å². The first kappa shape index (κ1) is 22.4. The van der Waals surface area contributed by atoms with Gasteiger partial charge in [-0.25, -0.2) is 4.39 Å². The quantitative estimate of drug-likeness (QED) is 0.295. The van der Waals surface area contributed by atoms with Crippen molar-refractivity contribution in [1.82, 2.24) is 0 Å². The molecule has 3 aromatic carbocycles.